The number of carboxylic acids is 1. The minimum Gasteiger partial charge on any atom is -0.477 e. The second kappa shape index (κ2) is 7.06. The molecule has 1 heterocycles. The fourth-order valence-electron chi connectivity index (χ4n) is 1.99. The van der Waals surface area contributed by atoms with Gasteiger partial charge in [0.25, 0.3) is 0 Å². The van der Waals surface area contributed by atoms with Gasteiger partial charge in [0, 0.05) is 24.4 Å². The zero-order valence-corrected chi connectivity index (χ0v) is 13.5. The molecule has 0 radical (unpaired) electrons. The quantitative estimate of drug-likeness (QED) is 0.626. The van der Waals surface area contributed by atoms with Crippen molar-refractivity contribution in [2.75, 3.05) is 19.8 Å². The van der Waals surface area contributed by atoms with Crippen molar-refractivity contribution in [3.63, 3.8) is 0 Å². The van der Waals surface area contributed by atoms with E-state index in [2.05, 4.69) is 9.71 Å². The smallest absolute Gasteiger partial charge is 0.352 e. The number of rotatable bonds is 8. The maximum atomic E-state index is 12.2. The Bertz CT molecular complexity index is 604. The average Bonchev–Trinajstić information content (AvgIpc) is 2.64. The van der Waals surface area contributed by atoms with Gasteiger partial charge < -0.3 is 14.8 Å². The molecule has 0 spiro atoms. The Labute approximate surface area is 124 Å². The van der Waals surface area contributed by atoms with Gasteiger partial charge in [-0.25, -0.2) is 17.9 Å². The molecule has 0 saturated carbocycles. The third kappa shape index (κ3) is 4.55. The molecule has 7 nitrogen and oxygen atoms in total. The lowest BCUT2D eigenvalue weighted by Gasteiger charge is -2.09. The van der Waals surface area contributed by atoms with Crippen LogP contribution in [0.25, 0.3) is 0 Å². The van der Waals surface area contributed by atoms with E-state index in [1.165, 1.54) is 13.8 Å². The number of ether oxygens (including phenoxy) is 1. The Balaban J connectivity index is 2.77. The fraction of sp³-hybridized carbons (Fsp3) is 0.615. The first-order valence-corrected chi connectivity index (χ1v) is 8.15. The predicted octanol–water partition coefficient (Wildman–Crippen LogP) is 1.28. The van der Waals surface area contributed by atoms with E-state index >= 15 is 0 Å². The van der Waals surface area contributed by atoms with Gasteiger partial charge in [-0.05, 0) is 19.8 Å². The van der Waals surface area contributed by atoms with Crippen LogP contribution in [0.2, 0.25) is 0 Å². The van der Waals surface area contributed by atoms with Crippen molar-refractivity contribution in [2.24, 2.45) is 5.92 Å². The number of hydrogen-bond donors (Lipinski definition) is 3. The molecular formula is C13H22N2O5S. The van der Waals surface area contributed by atoms with Crippen molar-refractivity contribution < 1.29 is 23.1 Å². The van der Waals surface area contributed by atoms with Gasteiger partial charge in [-0.15, -0.1) is 0 Å². The normalized spacial score (nSPS) is 12.0. The van der Waals surface area contributed by atoms with E-state index in [-0.39, 0.29) is 29.3 Å². The highest BCUT2D eigenvalue weighted by Crippen LogP contribution is 2.22. The van der Waals surface area contributed by atoms with Crippen molar-refractivity contribution in [2.45, 2.75) is 32.6 Å². The summed E-state index contributed by atoms with van der Waals surface area (Å²) in [5.41, 5.74) is 0.403. The number of carbonyl (C=O) groups is 1. The summed E-state index contributed by atoms with van der Waals surface area (Å²) in [5.74, 6) is -0.800. The monoisotopic (exact) mass is 318 g/mol. The van der Waals surface area contributed by atoms with Gasteiger partial charge >= 0.3 is 5.97 Å². The Morgan fingerprint density at radius 3 is 2.48 bits per heavy atom. The first kappa shape index (κ1) is 17.7. The van der Waals surface area contributed by atoms with E-state index in [1.807, 2.05) is 13.8 Å². The molecule has 0 fully saturated rings. The highest BCUT2D eigenvalue weighted by molar-refractivity contribution is 7.89. The zero-order chi connectivity index (χ0) is 16.2. The number of aromatic nitrogens is 1. The molecule has 0 aliphatic rings. The maximum Gasteiger partial charge on any atom is 0.352 e. The molecule has 1 aromatic rings. The molecule has 8 heteroatoms. The van der Waals surface area contributed by atoms with Crippen molar-refractivity contribution in [1.29, 1.82) is 0 Å². The van der Waals surface area contributed by atoms with Gasteiger partial charge in [0.05, 0.1) is 6.61 Å². The largest absolute Gasteiger partial charge is 0.477 e. The van der Waals surface area contributed by atoms with Crippen molar-refractivity contribution in [3.05, 3.63) is 17.0 Å². The third-order valence-corrected chi connectivity index (χ3v) is 4.57. The molecule has 120 valence electrons. The van der Waals surface area contributed by atoms with E-state index in [0.717, 1.165) is 0 Å². The Morgan fingerprint density at radius 2 is 2.00 bits per heavy atom. The van der Waals surface area contributed by atoms with Crippen LogP contribution in [-0.4, -0.2) is 44.2 Å². The first-order chi connectivity index (χ1) is 9.66. The number of H-pyrrole nitrogens is 1. The second-order valence-corrected chi connectivity index (χ2v) is 6.95. The number of hydrogen-bond acceptors (Lipinski definition) is 4. The summed E-state index contributed by atoms with van der Waals surface area (Å²) in [5, 5.41) is 9.00. The van der Waals surface area contributed by atoms with Crippen LogP contribution in [0.15, 0.2) is 4.90 Å². The van der Waals surface area contributed by atoms with Crippen LogP contribution in [0.5, 0.6) is 0 Å². The summed E-state index contributed by atoms with van der Waals surface area (Å²) >= 11 is 0. The fourth-order valence-corrected chi connectivity index (χ4v) is 3.44. The van der Waals surface area contributed by atoms with Crippen LogP contribution in [0.4, 0.5) is 0 Å². The molecule has 0 unspecified atom stereocenters. The lowest BCUT2D eigenvalue weighted by atomic mass is 10.2. The predicted molar refractivity (Wildman–Crippen MR) is 78.1 cm³/mol. The van der Waals surface area contributed by atoms with Crippen molar-refractivity contribution in [3.8, 4) is 0 Å². The first-order valence-electron chi connectivity index (χ1n) is 6.66. The summed E-state index contributed by atoms with van der Waals surface area (Å²) in [4.78, 5) is 13.6. The number of nitrogens with one attached hydrogen (secondary N) is 2. The van der Waals surface area contributed by atoms with E-state index in [9.17, 15) is 13.2 Å². The zero-order valence-electron chi connectivity index (χ0n) is 12.7. The van der Waals surface area contributed by atoms with Crippen molar-refractivity contribution >= 4 is 16.0 Å². The van der Waals surface area contributed by atoms with Gasteiger partial charge in [0.2, 0.25) is 10.0 Å². The summed E-state index contributed by atoms with van der Waals surface area (Å²) in [6.45, 7) is 7.98. The number of aromatic amines is 1. The van der Waals surface area contributed by atoms with Crippen LogP contribution >= 0.6 is 0 Å². The molecule has 0 saturated heterocycles. The lowest BCUT2D eigenvalue weighted by molar-refractivity contribution is 0.0690. The van der Waals surface area contributed by atoms with E-state index in [0.29, 0.717) is 18.2 Å². The molecular weight excluding hydrogens is 296 g/mol. The molecule has 21 heavy (non-hydrogen) atoms. The molecule has 1 aromatic heterocycles. The molecule has 0 atom stereocenters. The molecule has 0 bridgehead atoms. The van der Waals surface area contributed by atoms with Crippen LogP contribution in [0.3, 0.4) is 0 Å². The molecule has 0 amide bonds. The SMILES string of the molecule is Cc1[nH]c(C(=O)O)c(C)c1S(=O)(=O)NCCOCC(C)C. The summed E-state index contributed by atoms with van der Waals surface area (Å²) < 4.78 is 32.2. The van der Waals surface area contributed by atoms with Gasteiger partial charge in [-0.3, -0.25) is 0 Å². The van der Waals surface area contributed by atoms with E-state index in [4.69, 9.17) is 9.84 Å². The minimum absolute atomic E-state index is 0.0104. The van der Waals surface area contributed by atoms with Gasteiger partial charge in [0.1, 0.15) is 10.6 Å². The topological polar surface area (TPSA) is 108 Å². The summed E-state index contributed by atoms with van der Waals surface area (Å²) in [6.07, 6.45) is 0. The third-order valence-electron chi connectivity index (χ3n) is 2.84. The minimum atomic E-state index is -3.76. The van der Waals surface area contributed by atoms with Gasteiger partial charge in [-0.1, -0.05) is 13.8 Å². The van der Waals surface area contributed by atoms with Gasteiger partial charge in [-0.2, -0.15) is 0 Å². The number of sulfonamides is 1. The molecule has 3 N–H and O–H groups in total. The van der Waals surface area contributed by atoms with Crippen LogP contribution in [-0.2, 0) is 14.8 Å². The highest BCUT2D eigenvalue weighted by Gasteiger charge is 2.25. The van der Waals surface area contributed by atoms with Crippen molar-refractivity contribution in [1.82, 2.24) is 9.71 Å². The standard InChI is InChI=1S/C13H22N2O5S/c1-8(2)7-20-6-5-14-21(18,19)12-9(3)11(13(16)17)15-10(12)4/h8,14-15H,5-7H2,1-4H3,(H,16,17). The Morgan fingerprint density at radius 1 is 1.38 bits per heavy atom. The summed E-state index contributed by atoms with van der Waals surface area (Å²) in [7, 11) is -3.76. The average molecular weight is 318 g/mol. The van der Waals surface area contributed by atoms with E-state index < -0.39 is 16.0 Å². The molecule has 1 rings (SSSR count). The second-order valence-electron chi connectivity index (χ2n) is 5.25. The van der Waals surface area contributed by atoms with Crippen LogP contribution in [0.1, 0.15) is 35.6 Å². The Hall–Kier alpha value is -1.38. The van der Waals surface area contributed by atoms with Gasteiger partial charge in [0.15, 0.2) is 0 Å². The number of carboxylic acid groups (broad SMARTS) is 1. The highest BCUT2D eigenvalue weighted by atomic mass is 32.2. The number of aromatic carboxylic acids is 1. The Kier molecular flexibility index (Phi) is 5.94. The van der Waals surface area contributed by atoms with E-state index in [1.54, 1.807) is 0 Å². The lowest BCUT2D eigenvalue weighted by Crippen LogP contribution is -2.28. The van der Waals surface area contributed by atoms with Crippen LogP contribution < -0.4 is 4.72 Å². The maximum absolute atomic E-state index is 12.2. The number of aryl methyl sites for hydroxylation is 1. The molecule has 0 aliphatic heterocycles. The molecule has 0 aromatic carbocycles. The molecule has 0 aliphatic carbocycles. The summed E-state index contributed by atoms with van der Waals surface area (Å²) in [6, 6.07) is 0. The van der Waals surface area contributed by atoms with Crippen LogP contribution in [0, 0.1) is 19.8 Å².